The van der Waals surface area contributed by atoms with Crippen LogP contribution < -0.4 is 22.5 Å². The number of benzene rings is 2. The van der Waals surface area contributed by atoms with E-state index >= 15 is 0 Å². The van der Waals surface area contributed by atoms with Gasteiger partial charge in [0.05, 0.1) is 44.2 Å². The summed E-state index contributed by atoms with van der Waals surface area (Å²) in [7, 11) is 0. The van der Waals surface area contributed by atoms with Crippen LogP contribution in [-0.4, -0.2) is 11.5 Å². The quantitative estimate of drug-likeness (QED) is 0.473. The molecular weight excluding hydrogens is 373 g/mol. The third-order valence-electron chi connectivity index (χ3n) is 3.64. The lowest BCUT2D eigenvalue weighted by atomic mass is 10.1. The van der Waals surface area contributed by atoms with Crippen molar-refractivity contribution in [2.45, 2.75) is 0 Å². The molecule has 0 aromatic heterocycles. The summed E-state index contributed by atoms with van der Waals surface area (Å²) in [4.78, 5) is 16.6. The molecule has 0 saturated heterocycles. The van der Waals surface area contributed by atoms with Gasteiger partial charge in [-0.3, -0.25) is 4.79 Å². The number of nitrogens with zero attached hydrogens (tertiary/aromatic N) is 1. The highest BCUT2D eigenvalue weighted by Gasteiger charge is 2.17. The second-order valence-electron chi connectivity index (χ2n) is 5.59. The highest BCUT2D eigenvalue weighted by molar-refractivity contribution is 6.33. The number of aliphatic imine (C=N–C) groups is 1. The highest BCUT2D eigenvalue weighted by atomic mass is 35.5. The van der Waals surface area contributed by atoms with Gasteiger partial charge in [0.25, 0.3) is 0 Å². The highest BCUT2D eigenvalue weighted by Crippen LogP contribution is 2.27. The molecule has 0 heterocycles. The van der Waals surface area contributed by atoms with Crippen LogP contribution in [0.5, 0.6) is 0 Å². The van der Waals surface area contributed by atoms with E-state index in [-0.39, 0.29) is 11.5 Å². The normalized spacial score (nSPS) is 15.6. The molecule has 0 spiro atoms. The molecule has 0 amide bonds. The van der Waals surface area contributed by atoms with Crippen molar-refractivity contribution in [3.05, 3.63) is 70.0 Å². The topological polar surface area (TPSA) is 120 Å². The van der Waals surface area contributed by atoms with Crippen LogP contribution in [0.15, 0.2) is 64.9 Å². The number of carbonyl (C=O) groups is 1. The number of hydrogen-bond donors (Lipinski definition) is 4. The first-order chi connectivity index (χ1) is 12.3. The Morgan fingerprint density at radius 1 is 0.885 bits per heavy atom. The SMILES string of the molecule is NC1=CC(=O)C(Nc2ccc(N)c(Cl)c2)=C/C1=N\c1ccc(N)c(Cl)c1. The number of nitrogens with two attached hydrogens (primary N) is 3. The first-order valence-corrected chi connectivity index (χ1v) is 8.28. The summed E-state index contributed by atoms with van der Waals surface area (Å²) < 4.78 is 0. The van der Waals surface area contributed by atoms with E-state index in [2.05, 4.69) is 10.3 Å². The van der Waals surface area contributed by atoms with Crippen molar-refractivity contribution in [3.63, 3.8) is 0 Å². The second kappa shape index (κ2) is 7.11. The molecule has 7 N–H and O–H groups in total. The summed E-state index contributed by atoms with van der Waals surface area (Å²) >= 11 is 12.0. The zero-order chi connectivity index (χ0) is 18.8. The Bertz CT molecular complexity index is 995. The largest absolute Gasteiger partial charge is 0.398 e. The van der Waals surface area contributed by atoms with E-state index in [0.29, 0.717) is 44.2 Å². The molecule has 8 heteroatoms. The van der Waals surface area contributed by atoms with Crippen molar-refractivity contribution < 1.29 is 4.79 Å². The molecule has 0 saturated carbocycles. The van der Waals surface area contributed by atoms with Crippen LogP contribution in [0.25, 0.3) is 0 Å². The van der Waals surface area contributed by atoms with E-state index in [1.165, 1.54) is 6.08 Å². The first kappa shape index (κ1) is 17.8. The van der Waals surface area contributed by atoms with Gasteiger partial charge in [-0.25, -0.2) is 4.99 Å². The van der Waals surface area contributed by atoms with Gasteiger partial charge in [-0.1, -0.05) is 23.2 Å². The molecule has 1 aliphatic carbocycles. The molecule has 0 aliphatic heterocycles. The summed E-state index contributed by atoms with van der Waals surface area (Å²) in [6, 6.07) is 9.96. The fourth-order valence-corrected chi connectivity index (χ4v) is 2.62. The zero-order valence-corrected chi connectivity index (χ0v) is 15.0. The van der Waals surface area contributed by atoms with E-state index in [1.54, 1.807) is 42.5 Å². The molecule has 132 valence electrons. The number of carbonyl (C=O) groups excluding carboxylic acids is 1. The Kier molecular flexibility index (Phi) is 4.88. The van der Waals surface area contributed by atoms with E-state index in [4.69, 9.17) is 40.4 Å². The van der Waals surface area contributed by atoms with Gasteiger partial charge in [-0.15, -0.1) is 0 Å². The van der Waals surface area contributed by atoms with Crippen LogP contribution in [0.4, 0.5) is 22.7 Å². The Hall–Kier alpha value is -2.96. The van der Waals surface area contributed by atoms with Crippen molar-refractivity contribution in [1.82, 2.24) is 0 Å². The zero-order valence-electron chi connectivity index (χ0n) is 13.5. The third kappa shape index (κ3) is 3.82. The number of nitrogen functional groups attached to an aromatic ring is 2. The fourth-order valence-electron chi connectivity index (χ4n) is 2.26. The minimum Gasteiger partial charge on any atom is -0.398 e. The van der Waals surface area contributed by atoms with Gasteiger partial charge in [0.1, 0.15) is 0 Å². The van der Waals surface area contributed by atoms with Crippen LogP contribution >= 0.6 is 23.2 Å². The molecule has 3 rings (SSSR count). The summed E-state index contributed by atoms with van der Waals surface area (Å²) in [5.41, 5.74) is 20.4. The molecule has 0 fully saturated rings. The van der Waals surface area contributed by atoms with E-state index < -0.39 is 0 Å². The average Bonchev–Trinajstić information content (AvgIpc) is 2.58. The maximum atomic E-state index is 12.2. The van der Waals surface area contributed by atoms with Crippen LogP contribution in [-0.2, 0) is 4.79 Å². The number of hydrogen-bond acceptors (Lipinski definition) is 6. The first-order valence-electron chi connectivity index (χ1n) is 7.53. The molecule has 6 nitrogen and oxygen atoms in total. The number of anilines is 3. The number of ketones is 1. The molecule has 26 heavy (non-hydrogen) atoms. The lowest BCUT2D eigenvalue weighted by molar-refractivity contribution is -0.111. The predicted molar refractivity (Wildman–Crippen MR) is 108 cm³/mol. The van der Waals surface area contributed by atoms with Gasteiger partial charge in [0.15, 0.2) is 0 Å². The van der Waals surface area contributed by atoms with Gasteiger partial charge in [-0.05, 0) is 42.5 Å². The summed E-state index contributed by atoms with van der Waals surface area (Å²) in [5, 5.41) is 3.78. The van der Waals surface area contributed by atoms with Gasteiger partial charge in [-0.2, -0.15) is 0 Å². The summed E-state index contributed by atoms with van der Waals surface area (Å²) in [6.45, 7) is 0. The van der Waals surface area contributed by atoms with Gasteiger partial charge >= 0.3 is 0 Å². The minimum atomic E-state index is -0.273. The van der Waals surface area contributed by atoms with E-state index in [9.17, 15) is 4.79 Å². The predicted octanol–water partition coefficient (Wildman–Crippen LogP) is 3.65. The van der Waals surface area contributed by atoms with Crippen molar-refractivity contribution in [3.8, 4) is 0 Å². The lowest BCUT2D eigenvalue weighted by Gasteiger charge is -2.15. The number of halogens is 2. The second-order valence-corrected chi connectivity index (χ2v) is 6.40. The lowest BCUT2D eigenvalue weighted by Crippen LogP contribution is -2.22. The molecule has 0 atom stereocenters. The monoisotopic (exact) mass is 387 g/mol. The van der Waals surface area contributed by atoms with Crippen LogP contribution in [0.1, 0.15) is 0 Å². The Morgan fingerprint density at radius 3 is 2.19 bits per heavy atom. The fraction of sp³-hybridized carbons (Fsp3) is 0. The van der Waals surface area contributed by atoms with E-state index in [1.807, 2.05) is 0 Å². The Labute approximate surface area is 160 Å². The van der Waals surface area contributed by atoms with Crippen molar-refractivity contribution in [1.29, 1.82) is 0 Å². The minimum absolute atomic E-state index is 0.254. The van der Waals surface area contributed by atoms with Crippen LogP contribution in [0, 0.1) is 0 Å². The number of rotatable bonds is 3. The van der Waals surface area contributed by atoms with Gasteiger partial charge < -0.3 is 22.5 Å². The van der Waals surface area contributed by atoms with Crippen molar-refractivity contribution >= 4 is 57.4 Å². The summed E-state index contributed by atoms with van der Waals surface area (Å²) in [5.74, 6) is -0.273. The van der Waals surface area contributed by atoms with Crippen LogP contribution in [0.3, 0.4) is 0 Å². The molecule has 1 aliphatic rings. The summed E-state index contributed by atoms with van der Waals surface area (Å²) in [6.07, 6.45) is 2.87. The Balaban J connectivity index is 1.93. The smallest absolute Gasteiger partial charge is 0.204 e. The standard InChI is InChI=1S/C18H15Cl2N5O/c19-11-5-9(1-3-13(11)21)24-16-8-17(18(26)7-15(16)23)25-10-2-4-14(22)12(20)6-10/h1-8,25H,21-23H2/b24-16+. The average molecular weight is 388 g/mol. The molecule has 0 unspecified atom stereocenters. The third-order valence-corrected chi connectivity index (χ3v) is 4.30. The van der Waals surface area contributed by atoms with Gasteiger partial charge in [0, 0.05) is 11.8 Å². The number of nitrogens with one attached hydrogen (secondary N) is 1. The molecule has 2 aromatic rings. The van der Waals surface area contributed by atoms with Crippen molar-refractivity contribution in [2.24, 2.45) is 10.7 Å². The Morgan fingerprint density at radius 2 is 1.54 bits per heavy atom. The van der Waals surface area contributed by atoms with Crippen LogP contribution in [0.2, 0.25) is 10.0 Å². The molecular formula is C18H15Cl2N5O. The van der Waals surface area contributed by atoms with E-state index in [0.717, 1.165) is 0 Å². The molecule has 0 radical (unpaired) electrons. The maximum Gasteiger partial charge on any atom is 0.204 e. The van der Waals surface area contributed by atoms with Gasteiger partial charge in [0.2, 0.25) is 5.78 Å². The maximum absolute atomic E-state index is 12.2. The molecule has 0 bridgehead atoms. The number of allylic oxidation sites excluding steroid dienone is 2. The molecule has 2 aromatic carbocycles. The van der Waals surface area contributed by atoms with Crippen molar-refractivity contribution in [2.75, 3.05) is 16.8 Å².